The molecule has 0 saturated heterocycles. The maximum Gasteiger partial charge on any atom is 0.254 e. The van der Waals surface area contributed by atoms with Gasteiger partial charge in [-0.3, -0.25) is 4.79 Å². The Balaban J connectivity index is 2.08. The lowest BCUT2D eigenvalue weighted by atomic mass is 10.1. The van der Waals surface area contributed by atoms with E-state index in [0.717, 1.165) is 16.1 Å². The van der Waals surface area contributed by atoms with Crippen molar-refractivity contribution in [3.63, 3.8) is 0 Å². The topological polar surface area (TPSA) is 49.3 Å². The van der Waals surface area contributed by atoms with Gasteiger partial charge in [0.15, 0.2) is 0 Å². The van der Waals surface area contributed by atoms with E-state index in [2.05, 4.69) is 21.2 Å². The number of rotatable bonds is 3. The second kappa shape index (κ2) is 5.84. The highest BCUT2D eigenvalue weighted by Gasteiger charge is 2.12. The maximum atomic E-state index is 13.5. The molecule has 0 aliphatic heterocycles. The summed E-state index contributed by atoms with van der Waals surface area (Å²) in [7, 11) is 0. The average Bonchev–Trinajstić information content (AvgIpc) is 2.37. The molecule has 19 heavy (non-hydrogen) atoms. The molecule has 0 aliphatic carbocycles. The molecule has 0 fully saturated rings. The lowest BCUT2D eigenvalue weighted by molar-refractivity contribution is 0.0947. The second-order valence-electron chi connectivity index (χ2n) is 3.94. The Kier molecular flexibility index (Phi) is 4.16. The van der Waals surface area contributed by atoms with Gasteiger partial charge < -0.3 is 10.4 Å². The summed E-state index contributed by atoms with van der Waals surface area (Å²) in [5.41, 5.74) is 0.805. The third kappa shape index (κ3) is 3.32. The number of phenols is 1. The number of halogens is 2. The van der Waals surface area contributed by atoms with Crippen molar-refractivity contribution in [2.24, 2.45) is 0 Å². The van der Waals surface area contributed by atoms with E-state index in [-0.39, 0.29) is 11.3 Å². The number of amides is 1. The SMILES string of the molecule is O=C(NCc1ccccc1Br)c1ccc(O)cc1F. The van der Waals surface area contributed by atoms with E-state index >= 15 is 0 Å². The summed E-state index contributed by atoms with van der Waals surface area (Å²) in [6.45, 7) is 0.292. The monoisotopic (exact) mass is 323 g/mol. The molecule has 5 heteroatoms. The predicted molar refractivity (Wildman–Crippen MR) is 73.4 cm³/mol. The number of hydrogen-bond acceptors (Lipinski definition) is 2. The van der Waals surface area contributed by atoms with Gasteiger partial charge in [-0.25, -0.2) is 4.39 Å². The predicted octanol–water partition coefficient (Wildman–Crippen LogP) is 3.22. The number of hydrogen-bond donors (Lipinski definition) is 2. The van der Waals surface area contributed by atoms with Crippen LogP contribution in [0.5, 0.6) is 5.75 Å². The lowest BCUT2D eigenvalue weighted by Gasteiger charge is -2.08. The normalized spacial score (nSPS) is 10.2. The van der Waals surface area contributed by atoms with Crippen LogP contribution in [0.1, 0.15) is 15.9 Å². The lowest BCUT2D eigenvalue weighted by Crippen LogP contribution is -2.23. The molecule has 0 aliphatic rings. The third-order valence-corrected chi connectivity index (χ3v) is 3.37. The van der Waals surface area contributed by atoms with E-state index in [1.807, 2.05) is 24.3 Å². The van der Waals surface area contributed by atoms with Crippen LogP contribution in [-0.2, 0) is 6.54 Å². The van der Waals surface area contributed by atoms with Crippen LogP contribution in [0, 0.1) is 5.82 Å². The van der Waals surface area contributed by atoms with Crippen LogP contribution in [0.15, 0.2) is 46.9 Å². The van der Waals surface area contributed by atoms with Crippen LogP contribution in [0.25, 0.3) is 0 Å². The summed E-state index contributed by atoms with van der Waals surface area (Å²) >= 11 is 3.37. The second-order valence-corrected chi connectivity index (χ2v) is 4.79. The fourth-order valence-corrected chi connectivity index (χ4v) is 2.03. The molecular formula is C14H11BrFNO2. The molecule has 0 spiro atoms. The summed E-state index contributed by atoms with van der Waals surface area (Å²) in [6.07, 6.45) is 0. The maximum absolute atomic E-state index is 13.5. The molecule has 2 aromatic carbocycles. The summed E-state index contributed by atoms with van der Waals surface area (Å²) in [5.74, 6) is -1.47. The zero-order valence-corrected chi connectivity index (χ0v) is 11.4. The van der Waals surface area contributed by atoms with Gasteiger partial charge >= 0.3 is 0 Å². The first kappa shape index (κ1) is 13.5. The fourth-order valence-electron chi connectivity index (χ4n) is 1.60. The molecule has 0 atom stereocenters. The van der Waals surface area contributed by atoms with Gasteiger partial charge in [-0.15, -0.1) is 0 Å². The van der Waals surface area contributed by atoms with Gasteiger partial charge in [0.25, 0.3) is 5.91 Å². The van der Waals surface area contributed by atoms with Gasteiger partial charge in [-0.05, 0) is 23.8 Å². The number of aromatic hydroxyl groups is 1. The van der Waals surface area contributed by atoms with Gasteiger partial charge in [0, 0.05) is 17.1 Å². The van der Waals surface area contributed by atoms with Gasteiger partial charge in [0.2, 0.25) is 0 Å². The van der Waals surface area contributed by atoms with E-state index in [9.17, 15) is 9.18 Å². The Bertz CT molecular complexity index is 616. The Morgan fingerprint density at radius 3 is 2.68 bits per heavy atom. The van der Waals surface area contributed by atoms with Crippen molar-refractivity contribution in [2.75, 3.05) is 0 Å². The standard InChI is InChI=1S/C14H11BrFNO2/c15-12-4-2-1-3-9(12)8-17-14(19)11-6-5-10(18)7-13(11)16/h1-7,18H,8H2,(H,17,19). The zero-order valence-electron chi connectivity index (χ0n) is 9.86. The minimum atomic E-state index is -0.746. The molecule has 0 aromatic heterocycles. The van der Waals surface area contributed by atoms with E-state index in [1.165, 1.54) is 12.1 Å². The molecule has 0 unspecified atom stereocenters. The van der Waals surface area contributed by atoms with Crippen LogP contribution in [0.4, 0.5) is 4.39 Å². The minimum absolute atomic E-state index is 0.0927. The quantitative estimate of drug-likeness (QED) is 0.911. The first-order valence-electron chi connectivity index (χ1n) is 5.58. The van der Waals surface area contributed by atoms with Crippen molar-refractivity contribution < 1.29 is 14.3 Å². The molecule has 2 rings (SSSR count). The van der Waals surface area contributed by atoms with Crippen molar-refractivity contribution >= 4 is 21.8 Å². The minimum Gasteiger partial charge on any atom is -0.508 e. The zero-order chi connectivity index (χ0) is 13.8. The Labute approximate surface area is 118 Å². The Morgan fingerprint density at radius 1 is 1.26 bits per heavy atom. The molecular weight excluding hydrogens is 313 g/mol. The number of phenolic OH excluding ortho intramolecular Hbond substituents is 1. The molecule has 0 saturated carbocycles. The highest BCUT2D eigenvalue weighted by atomic mass is 79.9. The molecule has 0 heterocycles. The summed E-state index contributed by atoms with van der Waals surface area (Å²) in [5, 5.41) is 11.7. The third-order valence-electron chi connectivity index (χ3n) is 2.59. The van der Waals surface area contributed by atoms with Crippen molar-refractivity contribution in [1.29, 1.82) is 0 Å². The van der Waals surface area contributed by atoms with E-state index in [0.29, 0.717) is 6.54 Å². The van der Waals surface area contributed by atoms with Crippen LogP contribution < -0.4 is 5.32 Å². The summed E-state index contributed by atoms with van der Waals surface area (Å²) in [6, 6.07) is 10.9. The smallest absolute Gasteiger partial charge is 0.254 e. The summed E-state index contributed by atoms with van der Waals surface area (Å²) in [4.78, 5) is 11.8. The number of benzene rings is 2. The number of carbonyl (C=O) groups is 1. The van der Waals surface area contributed by atoms with Gasteiger partial charge in [-0.2, -0.15) is 0 Å². The Morgan fingerprint density at radius 2 is 2.00 bits per heavy atom. The first-order valence-corrected chi connectivity index (χ1v) is 6.37. The van der Waals surface area contributed by atoms with E-state index in [4.69, 9.17) is 5.11 Å². The van der Waals surface area contributed by atoms with Crippen molar-refractivity contribution in [1.82, 2.24) is 5.32 Å². The molecule has 98 valence electrons. The van der Waals surface area contributed by atoms with Crippen molar-refractivity contribution in [3.05, 3.63) is 63.9 Å². The van der Waals surface area contributed by atoms with Crippen molar-refractivity contribution in [2.45, 2.75) is 6.54 Å². The number of nitrogens with one attached hydrogen (secondary N) is 1. The first-order chi connectivity index (χ1) is 9.08. The van der Waals surface area contributed by atoms with Crippen LogP contribution in [0.3, 0.4) is 0 Å². The molecule has 0 radical (unpaired) electrons. The molecule has 0 bridgehead atoms. The average molecular weight is 324 g/mol. The molecule has 2 aromatic rings. The molecule has 1 amide bonds. The molecule has 2 N–H and O–H groups in total. The largest absolute Gasteiger partial charge is 0.508 e. The van der Waals surface area contributed by atoms with Crippen LogP contribution >= 0.6 is 15.9 Å². The van der Waals surface area contributed by atoms with Gasteiger partial charge in [0.05, 0.1) is 5.56 Å². The van der Waals surface area contributed by atoms with E-state index in [1.54, 1.807) is 0 Å². The summed E-state index contributed by atoms with van der Waals surface area (Å²) < 4.78 is 14.4. The van der Waals surface area contributed by atoms with E-state index < -0.39 is 11.7 Å². The highest BCUT2D eigenvalue weighted by molar-refractivity contribution is 9.10. The molecule has 3 nitrogen and oxygen atoms in total. The fraction of sp³-hybridized carbons (Fsp3) is 0.0714. The van der Waals surface area contributed by atoms with Gasteiger partial charge in [0.1, 0.15) is 11.6 Å². The van der Waals surface area contributed by atoms with Gasteiger partial charge in [-0.1, -0.05) is 34.1 Å². The highest BCUT2D eigenvalue weighted by Crippen LogP contribution is 2.17. The number of carbonyl (C=O) groups excluding carboxylic acids is 1. The van der Waals surface area contributed by atoms with Crippen molar-refractivity contribution in [3.8, 4) is 5.75 Å². The van der Waals surface area contributed by atoms with Crippen LogP contribution in [-0.4, -0.2) is 11.0 Å². The Hall–Kier alpha value is -1.88. The van der Waals surface area contributed by atoms with Crippen LogP contribution in [0.2, 0.25) is 0 Å².